The molecule has 0 unspecified atom stereocenters. The highest BCUT2D eigenvalue weighted by atomic mass is 19.1. The van der Waals surface area contributed by atoms with Crippen molar-refractivity contribution < 1.29 is 4.39 Å². The van der Waals surface area contributed by atoms with Gasteiger partial charge in [0.15, 0.2) is 0 Å². The van der Waals surface area contributed by atoms with E-state index < -0.39 is 17.4 Å². The number of rotatable bonds is 4. The largest absolute Gasteiger partial charge is 0.321 e. The van der Waals surface area contributed by atoms with Crippen molar-refractivity contribution >= 4 is 16.6 Å². The Hall–Kier alpha value is -2.80. The summed E-state index contributed by atoms with van der Waals surface area (Å²) in [7, 11) is 0. The van der Waals surface area contributed by atoms with Gasteiger partial charge >= 0.3 is 0 Å². The lowest BCUT2D eigenvalue weighted by Crippen LogP contribution is -2.34. The lowest BCUT2D eigenvalue weighted by atomic mass is 10.2. The summed E-state index contributed by atoms with van der Waals surface area (Å²) in [6.45, 7) is 1.89. The van der Waals surface area contributed by atoms with E-state index in [9.17, 15) is 9.18 Å². The van der Waals surface area contributed by atoms with E-state index in [4.69, 9.17) is 5.73 Å². The van der Waals surface area contributed by atoms with Crippen LogP contribution < -0.4 is 16.7 Å². The van der Waals surface area contributed by atoms with Gasteiger partial charge in [-0.3, -0.25) is 15.2 Å². The molecule has 2 heterocycles. The molecule has 3 N–H and O–H groups in total. The van der Waals surface area contributed by atoms with Crippen LogP contribution in [-0.2, 0) is 0 Å². The Balaban J connectivity index is 2.26. The Labute approximate surface area is 131 Å². The fraction of sp³-hybridized carbons (Fsp3) is 0.188. The van der Waals surface area contributed by atoms with Gasteiger partial charge in [0.05, 0.1) is 17.2 Å². The standard InChI is InChI=1S/C16H16FN5O/c1-2-12(18)15-20-13-5-3-4-11(17)14(13)16(23)22(15)21-10-6-8-19-9-7-10/h3-9,12H,2,18H2,1H3,(H,19,21)/t12-/m0/s1. The number of aromatic nitrogens is 3. The molecule has 7 heteroatoms. The molecule has 3 aromatic rings. The summed E-state index contributed by atoms with van der Waals surface area (Å²) >= 11 is 0. The number of benzene rings is 1. The van der Waals surface area contributed by atoms with Gasteiger partial charge in [-0.1, -0.05) is 13.0 Å². The maximum absolute atomic E-state index is 14.1. The first-order chi connectivity index (χ1) is 11.1. The summed E-state index contributed by atoms with van der Waals surface area (Å²) in [5, 5.41) is -0.0684. The summed E-state index contributed by atoms with van der Waals surface area (Å²) in [5.41, 5.74) is 9.41. The van der Waals surface area contributed by atoms with Gasteiger partial charge in [0.25, 0.3) is 5.56 Å². The normalized spacial score (nSPS) is 12.3. The second-order valence-electron chi connectivity index (χ2n) is 5.11. The molecule has 1 aromatic carbocycles. The van der Waals surface area contributed by atoms with Gasteiger partial charge in [0.2, 0.25) is 0 Å². The Bertz CT molecular complexity index is 894. The lowest BCUT2D eigenvalue weighted by molar-refractivity contribution is 0.601. The van der Waals surface area contributed by atoms with Crippen LogP contribution in [0.25, 0.3) is 10.9 Å². The smallest absolute Gasteiger partial charge is 0.283 e. The fourth-order valence-electron chi connectivity index (χ4n) is 2.30. The highest BCUT2D eigenvalue weighted by molar-refractivity contribution is 5.78. The van der Waals surface area contributed by atoms with Crippen molar-refractivity contribution in [2.75, 3.05) is 5.43 Å². The summed E-state index contributed by atoms with van der Waals surface area (Å²) in [6, 6.07) is 7.29. The number of nitrogens with two attached hydrogens (primary N) is 1. The monoisotopic (exact) mass is 313 g/mol. The third-order valence-corrected chi connectivity index (χ3v) is 3.57. The molecule has 23 heavy (non-hydrogen) atoms. The van der Waals surface area contributed by atoms with E-state index in [1.54, 1.807) is 30.6 Å². The minimum Gasteiger partial charge on any atom is -0.321 e. The molecule has 0 aliphatic rings. The third-order valence-electron chi connectivity index (χ3n) is 3.57. The molecule has 0 spiro atoms. The predicted octanol–water partition coefficient (Wildman–Crippen LogP) is 2.22. The van der Waals surface area contributed by atoms with Crippen LogP contribution in [0.15, 0.2) is 47.5 Å². The molecule has 3 rings (SSSR count). The number of nitrogens with one attached hydrogen (secondary N) is 1. The number of pyridine rings is 1. The average Bonchev–Trinajstić information content (AvgIpc) is 2.57. The molecular formula is C16H16FN5O. The van der Waals surface area contributed by atoms with Crippen molar-refractivity contribution in [1.82, 2.24) is 14.6 Å². The highest BCUT2D eigenvalue weighted by Gasteiger charge is 2.18. The number of anilines is 1. The molecule has 0 bridgehead atoms. The van der Waals surface area contributed by atoms with Crippen molar-refractivity contribution in [3.63, 3.8) is 0 Å². The number of fused-ring (bicyclic) bond motifs is 1. The average molecular weight is 313 g/mol. The van der Waals surface area contributed by atoms with Crippen LogP contribution in [0.3, 0.4) is 0 Å². The first-order valence-electron chi connectivity index (χ1n) is 7.25. The van der Waals surface area contributed by atoms with E-state index in [0.29, 0.717) is 23.4 Å². The zero-order valence-electron chi connectivity index (χ0n) is 12.5. The van der Waals surface area contributed by atoms with Crippen LogP contribution >= 0.6 is 0 Å². The Kier molecular flexibility index (Phi) is 4.03. The van der Waals surface area contributed by atoms with E-state index in [-0.39, 0.29) is 5.39 Å². The van der Waals surface area contributed by atoms with Crippen molar-refractivity contribution in [2.45, 2.75) is 19.4 Å². The van der Waals surface area contributed by atoms with Crippen LogP contribution in [0.5, 0.6) is 0 Å². The van der Waals surface area contributed by atoms with E-state index in [1.807, 2.05) is 6.92 Å². The van der Waals surface area contributed by atoms with Gasteiger partial charge in [0.1, 0.15) is 17.0 Å². The molecule has 0 aliphatic carbocycles. The Morgan fingerprint density at radius 1 is 1.30 bits per heavy atom. The molecular weight excluding hydrogens is 297 g/mol. The topological polar surface area (TPSA) is 85.8 Å². The summed E-state index contributed by atoms with van der Waals surface area (Å²) in [4.78, 5) is 21.0. The Morgan fingerprint density at radius 3 is 2.74 bits per heavy atom. The van der Waals surface area contributed by atoms with Crippen LogP contribution in [-0.4, -0.2) is 14.6 Å². The molecule has 0 saturated heterocycles. The SMILES string of the molecule is CC[C@H](N)c1nc2cccc(F)c2c(=O)n1Nc1ccncc1. The molecule has 0 aliphatic heterocycles. The molecule has 0 fully saturated rings. The van der Waals surface area contributed by atoms with Gasteiger partial charge in [-0.25, -0.2) is 14.1 Å². The zero-order valence-corrected chi connectivity index (χ0v) is 12.5. The van der Waals surface area contributed by atoms with Crippen molar-refractivity contribution in [1.29, 1.82) is 0 Å². The van der Waals surface area contributed by atoms with Crippen LogP contribution in [0.4, 0.5) is 10.1 Å². The lowest BCUT2D eigenvalue weighted by Gasteiger charge is -2.18. The van der Waals surface area contributed by atoms with Gasteiger partial charge < -0.3 is 5.73 Å². The van der Waals surface area contributed by atoms with Gasteiger partial charge in [-0.15, -0.1) is 0 Å². The van der Waals surface area contributed by atoms with Gasteiger partial charge in [0, 0.05) is 12.4 Å². The van der Waals surface area contributed by atoms with E-state index >= 15 is 0 Å². The molecule has 0 saturated carbocycles. The first-order valence-corrected chi connectivity index (χ1v) is 7.25. The number of hydrogen-bond donors (Lipinski definition) is 2. The maximum atomic E-state index is 14.1. The third kappa shape index (κ3) is 2.78. The van der Waals surface area contributed by atoms with Gasteiger partial charge in [-0.05, 0) is 30.7 Å². The second-order valence-corrected chi connectivity index (χ2v) is 5.11. The molecule has 1 atom stereocenters. The van der Waals surface area contributed by atoms with Crippen LogP contribution in [0, 0.1) is 5.82 Å². The summed E-state index contributed by atoms with van der Waals surface area (Å²) in [5.74, 6) is -0.255. The summed E-state index contributed by atoms with van der Waals surface area (Å²) in [6.07, 6.45) is 3.76. The minimum atomic E-state index is -0.609. The number of nitrogens with zero attached hydrogens (tertiary/aromatic N) is 3. The second kappa shape index (κ2) is 6.13. The maximum Gasteiger partial charge on any atom is 0.283 e. The highest BCUT2D eigenvalue weighted by Crippen LogP contribution is 2.17. The predicted molar refractivity (Wildman–Crippen MR) is 86.4 cm³/mol. The van der Waals surface area contributed by atoms with Crippen molar-refractivity contribution in [3.05, 3.63) is 64.7 Å². The summed E-state index contributed by atoms with van der Waals surface area (Å²) < 4.78 is 15.3. The molecule has 118 valence electrons. The van der Waals surface area contributed by atoms with E-state index in [0.717, 1.165) is 0 Å². The van der Waals surface area contributed by atoms with Crippen molar-refractivity contribution in [2.24, 2.45) is 5.73 Å². The number of halogens is 1. The molecule has 0 amide bonds. The van der Waals surface area contributed by atoms with E-state index in [1.165, 1.54) is 16.8 Å². The van der Waals surface area contributed by atoms with Crippen molar-refractivity contribution in [3.8, 4) is 0 Å². The molecule has 6 nitrogen and oxygen atoms in total. The quantitative estimate of drug-likeness (QED) is 0.771. The van der Waals surface area contributed by atoms with Gasteiger partial charge in [-0.2, -0.15) is 0 Å². The molecule has 2 aromatic heterocycles. The zero-order chi connectivity index (χ0) is 16.4. The fourth-order valence-corrected chi connectivity index (χ4v) is 2.30. The minimum absolute atomic E-state index is 0.0684. The first kappa shape index (κ1) is 15.1. The van der Waals surface area contributed by atoms with Crippen LogP contribution in [0.2, 0.25) is 0 Å². The molecule has 0 radical (unpaired) electrons. The van der Waals surface area contributed by atoms with Crippen LogP contribution in [0.1, 0.15) is 25.2 Å². The Morgan fingerprint density at radius 2 is 2.04 bits per heavy atom. The van der Waals surface area contributed by atoms with E-state index in [2.05, 4.69) is 15.4 Å². The number of hydrogen-bond acceptors (Lipinski definition) is 5.